The standard InChI is InChI=1S/C35H43F3N4O8S/c1-20-28(48-2)13-12-24-29(15-30(40-31(20)24)49-19-35(36,37)38)50-22-14-26-27(43)17-34(33(45)41-51(46,47)23-10-11-23)16-21(34)8-6-4-3-5-7-9-25(39)32(44)42(26)18-22/h6,8,12-13,15,21-23,25-26H,3-5,7,9-11,14,16-19,39H2,1-2H3,(H,41,45)/b8-6-/t21-,22+,25-,26-,34+/m0/s1. The maximum atomic E-state index is 14.2. The SMILES string of the molecule is COc1ccc2c(O[C@@H]3C[C@H]4C(=O)C[C@]5(C(=O)NS(=O)(=O)C6CC6)C[C@@H]5/C=C\CCCCC[C@H](N)C(=O)N4C3)cc(OCC(F)(F)F)nc2c1C. The highest BCUT2D eigenvalue weighted by Gasteiger charge is 2.61. The summed E-state index contributed by atoms with van der Waals surface area (Å²) in [5, 5.41) is -0.175. The highest BCUT2D eigenvalue weighted by molar-refractivity contribution is 7.90. The predicted molar refractivity (Wildman–Crippen MR) is 180 cm³/mol. The highest BCUT2D eigenvalue weighted by Crippen LogP contribution is 2.57. The van der Waals surface area contributed by atoms with Crippen molar-refractivity contribution in [2.75, 3.05) is 20.3 Å². The first kappa shape index (κ1) is 36.9. The fraction of sp³-hybridized carbons (Fsp3) is 0.600. The molecule has 51 heavy (non-hydrogen) atoms. The van der Waals surface area contributed by atoms with Crippen molar-refractivity contribution in [1.82, 2.24) is 14.6 Å². The van der Waals surface area contributed by atoms with Gasteiger partial charge < -0.3 is 24.8 Å². The number of nitrogens with zero attached hydrogens (tertiary/aromatic N) is 2. The van der Waals surface area contributed by atoms with Crippen LogP contribution in [0, 0.1) is 18.3 Å². The molecular weight excluding hydrogens is 693 g/mol. The summed E-state index contributed by atoms with van der Waals surface area (Å²) in [6.45, 7) is 0.0552. The third-order valence-corrected chi connectivity index (χ3v) is 12.1. The molecule has 5 atom stereocenters. The number of pyridine rings is 1. The van der Waals surface area contributed by atoms with Gasteiger partial charge >= 0.3 is 6.18 Å². The minimum Gasteiger partial charge on any atom is -0.496 e. The summed E-state index contributed by atoms with van der Waals surface area (Å²) in [7, 11) is -2.42. The number of carbonyl (C=O) groups excluding carboxylic acids is 3. The first-order valence-corrected chi connectivity index (χ1v) is 18.8. The molecule has 6 rings (SSSR count). The third kappa shape index (κ3) is 8.11. The smallest absolute Gasteiger partial charge is 0.422 e. The lowest BCUT2D eigenvalue weighted by molar-refractivity contribution is -0.154. The van der Waals surface area contributed by atoms with Crippen LogP contribution in [-0.4, -0.2) is 85.8 Å². The average molecular weight is 737 g/mol. The molecule has 0 unspecified atom stereocenters. The molecular formula is C35H43F3N4O8S. The topological polar surface area (TPSA) is 167 Å². The number of aryl methyl sites for hydroxylation is 1. The van der Waals surface area contributed by atoms with Crippen LogP contribution in [0.5, 0.6) is 17.4 Å². The van der Waals surface area contributed by atoms with Crippen molar-refractivity contribution in [2.45, 2.75) is 101 Å². The molecule has 0 radical (unpaired) electrons. The molecule has 3 heterocycles. The zero-order valence-corrected chi connectivity index (χ0v) is 29.4. The molecule has 2 aromatic rings. The number of aromatic nitrogens is 1. The van der Waals surface area contributed by atoms with Gasteiger partial charge in [-0.2, -0.15) is 13.2 Å². The first-order chi connectivity index (χ1) is 24.1. The van der Waals surface area contributed by atoms with E-state index in [0.717, 1.165) is 19.3 Å². The number of rotatable bonds is 8. The van der Waals surface area contributed by atoms with Crippen LogP contribution in [0.1, 0.15) is 69.8 Å². The largest absolute Gasteiger partial charge is 0.496 e. The molecule has 1 aromatic carbocycles. The lowest BCUT2D eigenvalue weighted by Gasteiger charge is -2.27. The molecule has 1 aromatic heterocycles. The van der Waals surface area contributed by atoms with Crippen molar-refractivity contribution >= 4 is 38.5 Å². The second kappa shape index (κ2) is 14.2. The molecule has 12 nitrogen and oxygen atoms in total. The summed E-state index contributed by atoms with van der Waals surface area (Å²) in [5.74, 6) is -1.71. The molecule has 2 amide bonds. The van der Waals surface area contributed by atoms with Gasteiger partial charge in [-0.05, 0) is 63.5 Å². The zero-order chi connectivity index (χ0) is 36.7. The van der Waals surface area contributed by atoms with E-state index in [1.165, 1.54) is 18.1 Å². The highest BCUT2D eigenvalue weighted by atomic mass is 32.2. The number of amides is 2. The van der Waals surface area contributed by atoms with Gasteiger partial charge in [0.05, 0.1) is 41.9 Å². The molecule has 2 saturated carbocycles. The normalized spacial score (nSPS) is 28.2. The Kier molecular flexibility index (Phi) is 10.3. The van der Waals surface area contributed by atoms with Gasteiger partial charge in [-0.25, -0.2) is 13.4 Å². The molecule has 1 saturated heterocycles. The Labute approximate surface area is 294 Å². The molecule has 3 N–H and O–H groups in total. The number of hydrogen-bond donors (Lipinski definition) is 2. The minimum absolute atomic E-state index is 0.00751. The molecule has 0 bridgehead atoms. The minimum atomic E-state index is -4.62. The van der Waals surface area contributed by atoms with Crippen LogP contribution >= 0.6 is 0 Å². The number of carbonyl (C=O) groups is 3. The number of nitrogens with two attached hydrogens (primary N) is 1. The number of fused-ring (bicyclic) bond motifs is 3. The number of sulfonamides is 1. The van der Waals surface area contributed by atoms with Gasteiger partial charge in [-0.3, -0.25) is 19.1 Å². The Hall–Kier alpha value is -3.92. The van der Waals surface area contributed by atoms with E-state index < -0.39 is 69.3 Å². The monoisotopic (exact) mass is 736 g/mol. The molecule has 4 aliphatic rings. The lowest BCUT2D eigenvalue weighted by atomic mass is 9.91. The van der Waals surface area contributed by atoms with Crippen molar-refractivity contribution in [2.24, 2.45) is 17.1 Å². The number of hydrogen-bond acceptors (Lipinski definition) is 10. The van der Waals surface area contributed by atoms with Crippen LogP contribution in [0.25, 0.3) is 10.9 Å². The number of ether oxygens (including phenoxy) is 3. The number of allylic oxidation sites excluding steroid dienone is 2. The summed E-state index contributed by atoms with van der Waals surface area (Å²) >= 11 is 0. The second-order valence-corrected chi connectivity index (χ2v) is 16.1. The van der Waals surface area contributed by atoms with Crippen molar-refractivity contribution < 1.29 is 50.2 Å². The van der Waals surface area contributed by atoms with E-state index in [1.54, 1.807) is 19.1 Å². The van der Waals surface area contributed by atoms with E-state index in [4.69, 9.17) is 19.9 Å². The van der Waals surface area contributed by atoms with Crippen molar-refractivity contribution in [3.63, 3.8) is 0 Å². The van der Waals surface area contributed by atoms with E-state index in [-0.39, 0.29) is 48.9 Å². The second-order valence-electron chi connectivity index (χ2n) is 14.1. The van der Waals surface area contributed by atoms with Crippen molar-refractivity contribution in [1.29, 1.82) is 0 Å². The molecule has 16 heteroatoms. The van der Waals surface area contributed by atoms with Crippen LogP contribution in [0.3, 0.4) is 0 Å². The third-order valence-electron chi connectivity index (χ3n) is 10.3. The number of benzene rings is 1. The fourth-order valence-electron chi connectivity index (χ4n) is 7.17. The van der Waals surface area contributed by atoms with Gasteiger partial charge in [-0.15, -0.1) is 0 Å². The quantitative estimate of drug-likeness (QED) is 0.374. The van der Waals surface area contributed by atoms with Crippen molar-refractivity contribution in [3.05, 3.63) is 35.9 Å². The Morgan fingerprint density at radius 1 is 1.14 bits per heavy atom. The molecule has 2 aliphatic carbocycles. The summed E-state index contributed by atoms with van der Waals surface area (Å²) in [6.07, 6.45) is 2.82. The maximum absolute atomic E-state index is 14.2. The van der Waals surface area contributed by atoms with E-state index >= 15 is 0 Å². The number of alkyl halides is 3. The summed E-state index contributed by atoms with van der Waals surface area (Å²) in [6, 6.07) is 2.63. The number of ketones is 1. The number of halogens is 3. The molecule has 278 valence electrons. The Balaban J connectivity index is 1.30. The van der Waals surface area contributed by atoms with Gasteiger partial charge in [0, 0.05) is 29.9 Å². The summed E-state index contributed by atoms with van der Waals surface area (Å²) < 4.78 is 83.7. The van der Waals surface area contributed by atoms with Crippen LogP contribution in [-0.2, 0) is 24.4 Å². The average Bonchev–Trinajstić information content (AvgIpc) is 4.00. The Morgan fingerprint density at radius 3 is 2.61 bits per heavy atom. The number of nitrogens with one attached hydrogen (secondary N) is 1. The van der Waals surface area contributed by atoms with Crippen molar-refractivity contribution in [3.8, 4) is 17.4 Å². The fourth-order valence-corrected chi connectivity index (χ4v) is 8.55. The lowest BCUT2D eigenvalue weighted by Crippen LogP contribution is -2.49. The zero-order valence-electron chi connectivity index (χ0n) is 28.5. The van der Waals surface area contributed by atoms with Gasteiger partial charge in [0.2, 0.25) is 27.7 Å². The Bertz CT molecular complexity index is 1830. The van der Waals surface area contributed by atoms with E-state index in [1.807, 2.05) is 12.2 Å². The maximum Gasteiger partial charge on any atom is 0.422 e. The van der Waals surface area contributed by atoms with Gasteiger partial charge in [0.1, 0.15) is 17.6 Å². The van der Waals surface area contributed by atoms with Crippen LogP contribution in [0.2, 0.25) is 0 Å². The van der Waals surface area contributed by atoms with Crippen LogP contribution in [0.4, 0.5) is 13.2 Å². The predicted octanol–water partition coefficient (Wildman–Crippen LogP) is 4.26. The molecule has 2 aliphatic heterocycles. The summed E-state index contributed by atoms with van der Waals surface area (Å²) in [5.41, 5.74) is 5.90. The number of Topliss-reactive ketones (excluding diaryl/α,β-unsaturated/α-hetero) is 1. The van der Waals surface area contributed by atoms with Gasteiger partial charge in [0.25, 0.3) is 0 Å². The summed E-state index contributed by atoms with van der Waals surface area (Å²) in [4.78, 5) is 47.3. The molecule has 0 spiro atoms. The van der Waals surface area contributed by atoms with Gasteiger partial charge in [-0.1, -0.05) is 25.0 Å². The van der Waals surface area contributed by atoms with E-state index in [9.17, 15) is 36.0 Å². The Morgan fingerprint density at radius 2 is 1.90 bits per heavy atom. The molecule has 3 fully saturated rings. The van der Waals surface area contributed by atoms with E-state index in [2.05, 4.69) is 9.71 Å². The first-order valence-electron chi connectivity index (χ1n) is 17.3. The van der Waals surface area contributed by atoms with Gasteiger partial charge in [0.15, 0.2) is 12.4 Å². The van der Waals surface area contributed by atoms with E-state index in [0.29, 0.717) is 42.4 Å². The van der Waals surface area contributed by atoms with Crippen LogP contribution in [0.15, 0.2) is 30.4 Å². The number of methoxy groups -OCH3 is 1. The van der Waals surface area contributed by atoms with Crippen LogP contribution < -0.4 is 24.7 Å².